The van der Waals surface area contributed by atoms with Crippen molar-refractivity contribution in [1.29, 1.82) is 5.26 Å². The van der Waals surface area contributed by atoms with Crippen LogP contribution in [-0.4, -0.2) is 27.1 Å². The molecule has 0 unspecified atom stereocenters. The van der Waals surface area contributed by atoms with Gasteiger partial charge >= 0.3 is 0 Å². The summed E-state index contributed by atoms with van der Waals surface area (Å²) in [7, 11) is -3.75. The van der Waals surface area contributed by atoms with E-state index in [0.717, 1.165) is 16.1 Å². The Kier molecular flexibility index (Phi) is 5.67. The first kappa shape index (κ1) is 18.8. The molecule has 0 spiro atoms. The van der Waals surface area contributed by atoms with Gasteiger partial charge in [-0.3, -0.25) is 9.10 Å². The number of carbonyl (C=O) groups is 1. The minimum absolute atomic E-state index is 0.162. The van der Waals surface area contributed by atoms with Crippen molar-refractivity contribution in [2.45, 2.75) is 6.92 Å². The van der Waals surface area contributed by atoms with Crippen LogP contribution in [0.3, 0.4) is 0 Å². The number of amides is 1. The molecule has 0 heterocycles. The number of nitriles is 1. The molecule has 1 N–H and O–H groups in total. The first-order chi connectivity index (χ1) is 11.7. The van der Waals surface area contributed by atoms with Crippen molar-refractivity contribution in [2.75, 3.05) is 22.4 Å². The van der Waals surface area contributed by atoms with Crippen LogP contribution >= 0.6 is 11.6 Å². The summed E-state index contributed by atoms with van der Waals surface area (Å²) in [5.41, 5.74) is 1.62. The second-order valence-electron chi connectivity index (χ2n) is 5.41. The monoisotopic (exact) mass is 377 g/mol. The zero-order valence-corrected chi connectivity index (χ0v) is 15.2. The molecule has 2 aromatic rings. The SMILES string of the molecule is Cc1cc(Cl)ccc1NC(=O)CN(c1ccccc1C#N)S(C)(=O)=O. The summed E-state index contributed by atoms with van der Waals surface area (Å²) in [4.78, 5) is 12.3. The Labute approximate surface area is 151 Å². The number of nitrogens with one attached hydrogen (secondary N) is 1. The van der Waals surface area contributed by atoms with Crippen LogP contribution in [-0.2, 0) is 14.8 Å². The van der Waals surface area contributed by atoms with E-state index in [9.17, 15) is 18.5 Å². The highest BCUT2D eigenvalue weighted by molar-refractivity contribution is 7.92. The molecule has 0 radical (unpaired) electrons. The lowest BCUT2D eigenvalue weighted by molar-refractivity contribution is -0.114. The van der Waals surface area contributed by atoms with Crippen molar-refractivity contribution in [1.82, 2.24) is 0 Å². The Bertz CT molecular complexity index is 952. The van der Waals surface area contributed by atoms with Gasteiger partial charge in [0.05, 0.1) is 17.5 Å². The third-order valence-electron chi connectivity index (χ3n) is 3.44. The number of nitrogens with zero attached hydrogens (tertiary/aromatic N) is 2. The molecule has 2 aromatic carbocycles. The Morgan fingerprint density at radius 2 is 1.96 bits per heavy atom. The number of hydrogen-bond donors (Lipinski definition) is 1. The van der Waals surface area contributed by atoms with Gasteiger partial charge in [-0.05, 0) is 42.8 Å². The highest BCUT2D eigenvalue weighted by Crippen LogP contribution is 2.23. The smallest absolute Gasteiger partial charge is 0.245 e. The molecule has 25 heavy (non-hydrogen) atoms. The maximum atomic E-state index is 12.3. The molecule has 0 aromatic heterocycles. The van der Waals surface area contributed by atoms with Crippen LogP contribution in [0, 0.1) is 18.3 Å². The number of benzene rings is 2. The third kappa shape index (κ3) is 4.72. The molecule has 1 amide bonds. The minimum atomic E-state index is -3.75. The maximum absolute atomic E-state index is 12.3. The summed E-state index contributed by atoms with van der Waals surface area (Å²) in [6.45, 7) is 1.33. The summed E-state index contributed by atoms with van der Waals surface area (Å²) in [6.07, 6.45) is 0.988. The molecular weight excluding hydrogens is 362 g/mol. The standard InChI is InChI=1S/C17H16ClN3O3S/c1-12-9-14(18)7-8-15(12)20-17(22)11-21(25(2,23)24)16-6-4-3-5-13(16)10-19/h3-9H,11H2,1-2H3,(H,20,22). The summed E-state index contributed by atoms with van der Waals surface area (Å²) in [5.74, 6) is -0.524. The van der Waals surface area contributed by atoms with Gasteiger partial charge in [0.25, 0.3) is 0 Å². The van der Waals surface area contributed by atoms with Crippen LogP contribution in [0.25, 0.3) is 0 Å². The molecule has 0 aliphatic carbocycles. The van der Waals surface area contributed by atoms with Gasteiger partial charge < -0.3 is 5.32 Å². The van der Waals surface area contributed by atoms with E-state index in [1.54, 1.807) is 37.3 Å². The van der Waals surface area contributed by atoms with Crippen LogP contribution in [0.4, 0.5) is 11.4 Å². The lowest BCUT2D eigenvalue weighted by Crippen LogP contribution is -2.38. The van der Waals surface area contributed by atoms with Crippen molar-refractivity contribution < 1.29 is 13.2 Å². The van der Waals surface area contributed by atoms with Crippen LogP contribution in [0.5, 0.6) is 0 Å². The quantitative estimate of drug-likeness (QED) is 0.867. The van der Waals surface area contributed by atoms with Gasteiger partial charge in [0.15, 0.2) is 0 Å². The number of anilines is 2. The van der Waals surface area contributed by atoms with Crippen LogP contribution in [0.15, 0.2) is 42.5 Å². The van der Waals surface area contributed by atoms with Gasteiger partial charge in [-0.25, -0.2) is 8.42 Å². The van der Waals surface area contributed by atoms with Crippen molar-refractivity contribution in [3.63, 3.8) is 0 Å². The predicted molar refractivity (Wildman–Crippen MR) is 98.2 cm³/mol. The van der Waals surface area contributed by atoms with E-state index in [0.29, 0.717) is 10.7 Å². The fourth-order valence-corrected chi connectivity index (χ4v) is 3.35. The van der Waals surface area contributed by atoms with Gasteiger partial charge in [-0.1, -0.05) is 23.7 Å². The number of halogens is 1. The second kappa shape index (κ2) is 7.55. The number of aryl methyl sites for hydroxylation is 1. The van der Waals surface area contributed by atoms with Crippen molar-refractivity contribution in [2.24, 2.45) is 0 Å². The molecule has 6 nitrogen and oxygen atoms in total. The highest BCUT2D eigenvalue weighted by Gasteiger charge is 2.23. The summed E-state index contributed by atoms with van der Waals surface area (Å²) in [6, 6.07) is 13.1. The van der Waals surface area contributed by atoms with E-state index in [-0.39, 0.29) is 11.3 Å². The Morgan fingerprint density at radius 1 is 1.28 bits per heavy atom. The molecule has 2 rings (SSSR count). The zero-order chi connectivity index (χ0) is 18.6. The topological polar surface area (TPSA) is 90.3 Å². The van der Waals surface area contributed by atoms with Crippen molar-refractivity contribution in [3.05, 3.63) is 58.6 Å². The third-order valence-corrected chi connectivity index (χ3v) is 4.80. The molecular formula is C17H16ClN3O3S. The Balaban J connectivity index is 2.29. The number of carbonyl (C=O) groups excluding carboxylic acids is 1. The summed E-state index contributed by atoms with van der Waals surface area (Å²) >= 11 is 5.88. The Hall–Kier alpha value is -2.56. The van der Waals surface area contributed by atoms with E-state index in [1.165, 1.54) is 12.1 Å². The predicted octanol–water partition coefficient (Wildman–Crippen LogP) is 2.92. The normalized spacial score (nSPS) is 10.8. The van der Waals surface area contributed by atoms with E-state index >= 15 is 0 Å². The lowest BCUT2D eigenvalue weighted by atomic mass is 10.2. The molecule has 0 saturated carbocycles. The van der Waals surface area contributed by atoms with Crippen LogP contribution < -0.4 is 9.62 Å². The van der Waals surface area contributed by atoms with Crippen molar-refractivity contribution >= 4 is 38.9 Å². The van der Waals surface area contributed by atoms with Gasteiger partial charge in [-0.2, -0.15) is 5.26 Å². The van der Waals surface area contributed by atoms with Gasteiger partial charge in [-0.15, -0.1) is 0 Å². The molecule has 0 fully saturated rings. The highest BCUT2D eigenvalue weighted by atomic mass is 35.5. The second-order valence-corrected chi connectivity index (χ2v) is 7.75. The fourth-order valence-electron chi connectivity index (χ4n) is 2.25. The first-order valence-corrected chi connectivity index (χ1v) is 9.48. The van der Waals surface area contributed by atoms with Gasteiger partial charge in [0, 0.05) is 10.7 Å². The number of rotatable bonds is 5. The first-order valence-electron chi connectivity index (χ1n) is 7.25. The van der Waals surface area contributed by atoms with Gasteiger partial charge in [0.1, 0.15) is 12.6 Å². The summed E-state index contributed by atoms with van der Waals surface area (Å²) in [5, 5.41) is 12.4. The maximum Gasteiger partial charge on any atom is 0.245 e. The minimum Gasteiger partial charge on any atom is -0.324 e. The zero-order valence-electron chi connectivity index (χ0n) is 13.7. The number of para-hydroxylation sites is 1. The van der Waals surface area contributed by atoms with Crippen molar-refractivity contribution in [3.8, 4) is 6.07 Å². The van der Waals surface area contributed by atoms with E-state index in [4.69, 9.17) is 11.6 Å². The van der Waals surface area contributed by atoms with E-state index < -0.39 is 22.5 Å². The average Bonchev–Trinajstić information content (AvgIpc) is 2.54. The molecule has 0 aliphatic rings. The largest absolute Gasteiger partial charge is 0.324 e. The molecule has 0 saturated heterocycles. The summed E-state index contributed by atoms with van der Waals surface area (Å²) < 4.78 is 25.1. The van der Waals surface area contributed by atoms with Crippen LogP contribution in [0.1, 0.15) is 11.1 Å². The number of sulfonamides is 1. The molecule has 0 atom stereocenters. The number of hydrogen-bond acceptors (Lipinski definition) is 4. The Morgan fingerprint density at radius 3 is 2.56 bits per heavy atom. The van der Waals surface area contributed by atoms with Gasteiger partial charge in [0.2, 0.25) is 15.9 Å². The van der Waals surface area contributed by atoms with E-state index in [1.807, 2.05) is 6.07 Å². The molecule has 0 aliphatic heterocycles. The lowest BCUT2D eigenvalue weighted by Gasteiger charge is -2.23. The molecule has 130 valence electrons. The van der Waals surface area contributed by atoms with Crippen LogP contribution in [0.2, 0.25) is 5.02 Å². The molecule has 0 bridgehead atoms. The molecule has 8 heteroatoms. The average molecular weight is 378 g/mol. The van der Waals surface area contributed by atoms with E-state index in [2.05, 4.69) is 5.32 Å². The fraction of sp³-hybridized carbons (Fsp3) is 0.176.